The van der Waals surface area contributed by atoms with E-state index in [2.05, 4.69) is 15.2 Å². The van der Waals surface area contributed by atoms with Crippen LogP contribution in [-0.4, -0.2) is 4.98 Å². The maximum atomic E-state index is 3.95. The van der Waals surface area contributed by atoms with Crippen LogP contribution in [0.15, 0.2) is 32.9 Å². The summed E-state index contributed by atoms with van der Waals surface area (Å²) < 4.78 is 0. The molecule has 1 aromatic heterocycles. The zero-order valence-corrected chi connectivity index (χ0v) is 7.30. The molecule has 1 aromatic rings. The number of hydrogen-bond acceptors (Lipinski definition) is 4. The van der Waals surface area contributed by atoms with Crippen molar-refractivity contribution < 1.29 is 0 Å². The van der Waals surface area contributed by atoms with Gasteiger partial charge in [-0.15, -0.1) is 16.5 Å². The van der Waals surface area contributed by atoms with Gasteiger partial charge in [-0.05, 0) is 13.8 Å². The Kier molecular flexibility index (Phi) is 2.92. The van der Waals surface area contributed by atoms with Gasteiger partial charge >= 0.3 is 0 Å². The molecule has 0 aliphatic rings. The maximum Gasteiger partial charge on any atom is 0.185 e. The van der Waals surface area contributed by atoms with E-state index in [0.717, 1.165) is 5.70 Å². The van der Waals surface area contributed by atoms with Crippen LogP contribution in [0.4, 0.5) is 5.82 Å². The molecule has 0 radical (unpaired) electrons. The lowest BCUT2D eigenvalue weighted by Crippen LogP contribution is -1.63. The first-order chi connectivity index (χ1) is 5.33. The zero-order valence-electron chi connectivity index (χ0n) is 6.48. The van der Waals surface area contributed by atoms with Crippen LogP contribution in [0.2, 0.25) is 0 Å². The van der Waals surface area contributed by atoms with Crippen LogP contribution in [0.1, 0.15) is 13.8 Å². The maximum absolute atomic E-state index is 3.95. The molecule has 0 atom stereocenters. The van der Waals surface area contributed by atoms with Crippen molar-refractivity contribution in [3.63, 3.8) is 0 Å². The summed E-state index contributed by atoms with van der Waals surface area (Å²) in [6.45, 7) is 3.82. The minimum Gasteiger partial charge on any atom is -0.224 e. The van der Waals surface area contributed by atoms with Gasteiger partial charge in [-0.2, -0.15) is 5.11 Å². The van der Waals surface area contributed by atoms with Crippen molar-refractivity contribution in [3.05, 3.63) is 22.7 Å². The van der Waals surface area contributed by atoms with E-state index in [0.29, 0.717) is 5.82 Å². The Morgan fingerprint density at radius 3 is 3.09 bits per heavy atom. The van der Waals surface area contributed by atoms with Gasteiger partial charge in [0.25, 0.3) is 0 Å². The second-order valence-corrected chi connectivity index (χ2v) is 2.70. The van der Waals surface area contributed by atoms with Gasteiger partial charge in [0.15, 0.2) is 5.82 Å². The Labute approximate surface area is 69.5 Å². The van der Waals surface area contributed by atoms with Crippen molar-refractivity contribution in [1.29, 1.82) is 0 Å². The number of aromatic nitrogens is 1. The smallest absolute Gasteiger partial charge is 0.185 e. The summed E-state index contributed by atoms with van der Waals surface area (Å²) in [6, 6.07) is 0. The average molecular weight is 167 g/mol. The Morgan fingerprint density at radius 2 is 2.55 bits per heavy atom. The molecule has 3 nitrogen and oxygen atoms in total. The third kappa shape index (κ3) is 2.59. The first kappa shape index (κ1) is 8.07. The van der Waals surface area contributed by atoms with Crippen LogP contribution in [-0.2, 0) is 0 Å². The van der Waals surface area contributed by atoms with Gasteiger partial charge in [-0.25, -0.2) is 4.98 Å². The van der Waals surface area contributed by atoms with Gasteiger partial charge in [-0.1, -0.05) is 6.08 Å². The van der Waals surface area contributed by atoms with E-state index in [9.17, 15) is 0 Å². The van der Waals surface area contributed by atoms with Gasteiger partial charge in [0.2, 0.25) is 0 Å². The largest absolute Gasteiger partial charge is 0.224 e. The minimum absolute atomic E-state index is 0.677. The Balaban J connectivity index is 2.63. The highest BCUT2D eigenvalue weighted by Crippen LogP contribution is 2.12. The predicted molar refractivity (Wildman–Crippen MR) is 46.1 cm³/mol. The second kappa shape index (κ2) is 3.98. The Hall–Kier alpha value is -1.03. The highest BCUT2D eigenvalue weighted by atomic mass is 32.1. The molecular formula is C7H9N3S. The van der Waals surface area contributed by atoms with E-state index in [4.69, 9.17) is 0 Å². The molecule has 1 heterocycles. The molecule has 0 aliphatic heterocycles. The summed E-state index contributed by atoms with van der Waals surface area (Å²) in [4.78, 5) is 3.95. The van der Waals surface area contributed by atoms with Gasteiger partial charge < -0.3 is 0 Å². The SMILES string of the molecule is C/C=C(C)\N=N/c1cscn1. The Bertz CT molecular complexity index is 261. The van der Waals surface area contributed by atoms with E-state index in [1.54, 1.807) is 5.51 Å². The van der Waals surface area contributed by atoms with Gasteiger partial charge in [0, 0.05) is 5.38 Å². The van der Waals surface area contributed by atoms with Crippen LogP contribution in [0.25, 0.3) is 0 Å². The molecule has 1 rings (SSSR count). The number of azo groups is 1. The fourth-order valence-electron chi connectivity index (χ4n) is 0.443. The summed E-state index contributed by atoms with van der Waals surface area (Å²) in [6.07, 6.45) is 1.90. The van der Waals surface area contributed by atoms with Crippen molar-refractivity contribution in [2.24, 2.45) is 10.2 Å². The fraction of sp³-hybridized carbons (Fsp3) is 0.286. The minimum atomic E-state index is 0.677. The van der Waals surface area contributed by atoms with Gasteiger partial charge in [0.05, 0.1) is 11.2 Å². The standard InChI is InChI=1S/C7H9N3S/c1-3-6(2)9-10-7-4-11-5-8-7/h3-5H,1-2H3/b6-3-,10-9-. The molecule has 0 bridgehead atoms. The molecule has 0 saturated carbocycles. The number of rotatable bonds is 2. The normalized spacial score (nSPS) is 12.7. The van der Waals surface area contributed by atoms with Crippen molar-refractivity contribution in [2.45, 2.75) is 13.8 Å². The average Bonchev–Trinajstić information content (AvgIpc) is 2.52. The lowest BCUT2D eigenvalue weighted by Gasteiger charge is -1.84. The van der Waals surface area contributed by atoms with Crippen LogP contribution in [0.5, 0.6) is 0 Å². The molecule has 0 fully saturated rings. The lowest BCUT2D eigenvalue weighted by molar-refractivity contribution is 1.09. The monoisotopic (exact) mass is 167 g/mol. The lowest BCUT2D eigenvalue weighted by atomic mass is 10.5. The molecule has 4 heteroatoms. The van der Waals surface area contributed by atoms with Crippen molar-refractivity contribution >= 4 is 17.2 Å². The summed E-state index contributed by atoms with van der Waals surface area (Å²) in [5.74, 6) is 0.677. The summed E-state index contributed by atoms with van der Waals surface area (Å²) in [7, 11) is 0. The third-order valence-electron chi connectivity index (χ3n) is 1.15. The number of hydrogen-bond donors (Lipinski definition) is 0. The third-order valence-corrected chi connectivity index (χ3v) is 1.72. The first-order valence-electron chi connectivity index (χ1n) is 3.26. The molecule has 58 valence electrons. The topological polar surface area (TPSA) is 37.6 Å². The van der Waals surface area contributed by atoms with Crippen molar-refractivity contribution in [1.82, 2.24) is 4.98 Å². The van der Waals surface area contributed by atoms with Crippen LogP contribution >= 0.6 is 11.3 Å². The summed E-state index contributed by atoms with van der Waals surface area (Å²) in [5, 5.41) is 9.66. The highest BCUT2D eigenvalue weighted by Gasteiger charge is 1.87. The van der Waals surface area contributed by atoms with Crippen molar-refractivity contribution in [2.75, 3.05) is 0 Å². The number of thiazole rings is 1. The highest BCUT2D eigenvalue weighted by molar-refractivity contribution is 7.07. The zero-order chi connectivity index (χ0) is 8.10. The second-order valence-electron chi connectivity index (χ2n) is 1.98. The van der Waals surface area contributed by atoms with E-state index < -0.39 is 0 Å². The van der Waals surface area contributed by atoms with Crippen LogP contribution < -0.4 is 0 Å². The molecular weight excluding hydrogens is 158 g/mol. The summed E-state index contributed by atoms with van der Waals surface area (Å²) >= 11 is 1.51. The molecule has 0 aromatic carbocycles. The van der Waals surface area contributed by atoms with Crippen LogP contribution in [0.3, 0.4) is 0 Å². The molecule has 0 saturated heterocycles. The van der Waals surface area contributed by atoms with E-state index in [-0.39, 0.29) is 0 Å². The number of nitrogens with zero attached hydrogens (tertiary/aromatic N) is 3. The van der Waals surface area contributed by atoms with E-state index in [1.807, 2.05) is 25.3 Å². The molecule has 0 unspecified atom stereocenters. The first-order valence-corrected chi connectivity index (χ1v) is 4.20. The van der Waals surface area contributed by atoms with Gasteiger partial charge in [0.1, 0.15) is 0 Å². The predicted octanol–water partition coefficient (Wildman–Crippen LogP) is 3.15. The fourth-order valence-corrected chi connectivity index (χ4v) is 0.903. The molecule has 0 N–H and O–H groups in total. The van der Waals surface area contributed by atoms with Crippen LogP contribution in [0, 0.1) is 0 Å². The summed E-state index contributed by atoms with van der Waals surface area (Å²) in [5.41, 5.74) is 2.64. The van der Waals surface area contributed by atoms with E-state index >= 15 is 0 Å². The molecule has 0 spiro atoms. The quantitative estimate of drug-likeness (QED) is 0.623. The molecule has 0 aliphatic carbocycles. The van der Waals surface area contributed by atoms with Gasteiger partial charge in [-0.3, -0.25) is 0 Å². The Morgan fingerprint density at radius 1 is 1.73 bits per heavy atom. The van der Waals surface area contributed by atoms with E-state index in [1.165, 1.54) is 11.3 Å². The molecule has 11 heavy (non-hydrogen) atoms. The number of allylic oxidation sites excluding steroid dienone is 2. The van der Waals surface area contributed by atoms with Crippen molar-refractivity contribution in [3.8, 4) is 0 Å². The molecule has 0 amide bonds.